The van der Waals surface area contributed by atoms with E-state index in [-0.39, 0.29) is 11.4 Å². The molecule has 1 aliphatic heterocycles. The average Bonchev–Trinajstić information content (AvgIpc) is 3.01. The number of anilines is 1. The molecule has 0 unspecified atom stereocenters. The zero-order valence-corrected chi connectivity index (χ0v) is 17.5. The Balaban J connectivity index is 1.69. The summed E-state index contributed by atoms with van der Waals surface area (Å²) in [6.45, 7) is -0.389. The van der Waals surface area contributed by atoms with E-state index in [4.69, 9.17) is 16.0 Å². The van der Waals surface area contributed by atoms with Crippen molar-refractivity contribution in [2.45, 2.75) is 0 Å². The highest BCUT2D eigenvalue weighted by Crippen LogP contribution is 2.34. The van der Waals surface area contributed by atoms with Gasteiger partial charge in [-0.1, -0.05) is 17.7 Å². The molecule has 1 aliphatic rings. The lowest BCUT2D eigenvalue weighted by atomic mass is 10.3. The first-order chi connectivity index (χ1) is 12.3. The topological polar surface area (TPSA) is 79.6 Å². The predicted molar refractivity (Wildman–Crippen MR) is 107 cm³/mol. The Kier molecular flexibility index (Phi) is 5.91. The quantitative estimate of drug-likeness (QED) is 0.566. The molecule has 10 heteroatoms. The van der Waals surface area contributed by atoms with Crippen molar-refractivity contribution < 1.29 is 18.8 Å². The van der Waals surface area contributed by atoms with Crippen LogP contribution in [-0.4, -0.2) is 28.5 Å². The normalized spacial score (nSPS) is 15.8. The number of carbonyl (C=O) groups excluding carboxylic acids is 3. The van der Waals surface area contributed by atoms with Crippen molar-refractivity contribution in [3.05, 3.63) is 55.2 Å². The maximum atomic E-state index is 12.4. The van der Waals surface area contributed by atoms with Crippen LogP contribution in [0.4, 0.5) is 10.5 Å². The van der Waals surface area contributed by atoms with Crippen molar-refractivity contribution in [2.75, 3.05) is 11.9 Å². The molecular weight excluding hydrogens is 512 g/mol. The second kappa shape index (κ2) is 7.99. The van der Waals surface area contributed by atoms with Crippen LogP contribution in [0.1, 0.15) is 5.76 Å². The predicted octanol–water partition coefficient (Wildman–Crippen LogP) is 5.13. The number of nitrogens with zero attached hydrogens (tertiary/aromatic N) is 1. The number of amides is 3. The minimum Gasteiger partial charge on any atom is -0.449 e. The third-order valence-electron chi connectivity index (χ3n) is 3.22. The molecule has 1 N–H and O–H groups in total. The van der Waals surface area contributed by atoms with Gasteiger partial charge in [0.25, 0.3) is 11.1 Å². The van der Waals surface area contributed by atoms with Crippen molar-refractivity contribution >= 4 is 84.0 Å². The van der Waals surface area contributed by atoms with Crippen LogP contribution >= 0.6 is 55.2 Å². The van der Waals surface area contributed by atoms with E-state index in [1.54, 1.807) is 30.3 Å². The third-order valence-corrected chi connectivity index (χ3v) is 6.07. The molecule has 0 aliphatic carbocycles. The van der Waals surface area contributed by atoms with Crippen LogP contribution in [0.15, 0.2) is 48.8 Å². The number of hydrogen-bond acceptors (Lipinski definition) is 5. The molecule has 2 heterocycles. The molecule has 3 rings (SSSR count). The Morgan fingerprint density at radius 3 is 2.73 bits per heavy atom. The monoisotopic (exact) mass is 518 g/mol. The fraction of sp³-hybridized carbons (Fsp3) is 0.0625. The van der Waals surface area contributed by atoms with E-state index in [9.17, 15) is 14.4 Å². The lowest BCUT2D eigenvalue weighted by molar-refractivity contribution is -0.127. The Hall–Kier alpha value is -1.55. The van der Waals surface area contributed by atoms with Crippen molar-refractivity contribution in [2.24, 2.45) is 0 Å². The summed E-state index contributed by atoms with van der Waals surface area (Å²) >= 11 is 13.1. The van der Waals surface area contributed by atoms with Crippen LogP contribution in [0.2, 0.25) is 5.02 Å². The molecule has 1 aromatic heterocycles. The van der Waals surface area contributed by atoms with Gasteiger partial charge in [0.15, 0.2) is 4.67 Å². The first-order valence-electron chi connectivity index (χ1n) is 7.09. The number of nitrogens with one attached hydrogen (secondary N) is 1. The van der Waals surface area contributed by atoms with E-state index >= 15 is 0 Å². The number of hydrogen-bond donors (Lipinski definition) is 1. The lowest BCUT2D eigenvalue weighted by Gasteiger charge is -2.12. The number of imide groups is 1. The van der Waals surface area contributed by atoms with E-state index in [1.807, 2.05) is 0 Å². The first kappa shape index (κ1) is 19.2. The molecule has 0 bridgehead atoms. The van der Waals surface area contributed by atoms with Gasteiger partial charge in [-0.15, -0.1) is 0 Å². The molecule has 26 heavy (non-hydrogen) atoms. The highest BCUT2D eigenvalue weighted by Gasteiger charge is 2.36. The molecule has 0 atom stereocenters. The number of thioether (sulfide) groups is 1. The fourth-order valence-electron chi connectivity index (χ4n) is 2.11. The molecule has 1 aromatic carbocycles. The number of furan rings is 1. The maximum absolute atomic E-state index is 12.4. The van der Waals surface area contributed by atoms with Crippen LogP contribution in [0.5, 0.6) is 0 Å². The van der Waals surface area contributed by atoms with Crippen molar-refractivity contribution in [3.8, 4) is 0 Å². The van der Waals surface area contributed by atoms with Gasteiger partial charge in [-0.2, -0.15) is 0 Å². The Morgan fingerprint density at radius 1 is 1.31 bits per heavy atom. The van der Waals surface area contributed by atoms with E-state index in [2.05, 4.69) is 37.2 Å². The summed E-state index contributed by atoms with van der Waals surface area (Å²) in [6.07, 6.45) is 1.45. The summed E-state index contributed by atoms with van der Waals surface area (Å²) in [5, 5.41) is 2.54. The standard InChI is InChI=1S/C16H9Br2ClN2O4S/c17-11-5-10(25-14(11)18)6-12-15(23)21(16(24)26-12)7-13(22)20-9-3-1-2-8(19)4-9/h1-6H,7H2,(H,20,22)/b12-6-. The summed E-state index contributed by atoms with van der Waals surface area (Å²) in [7, 11) is 0. The summed E-state index contributed by atoms with van der Waals surface area (Å²) in [6, 6.07) is 8.23. The van der Waals surface area contributed by atoms with Gasteiger partial charge >= 0.3 is 0 Å². The second-order valence-corrected chi connectivity index (χ2v) is 8.10. The minimum atomic E-state index is -0.551. The van der Waals surface area contributed by atoms with Gasteiger partial charge in [0.1, 0.15) is 12.3 Å². The molecule has 1 fully saturated rings. The summed E-state index contributed by atoms with van der Waals surface area (Å²) < 4.78 is 6.53. The van der Waals surface area contributed by atoms with Crippen LogP contribution in [0.3, 0.4) is 0 Å². The number of carbonyl (C=O) groups is 3. The van der Waals surface area contributed by atoms with Gasteiger partial charge in [0.2, 0.25) is 5.91 Å². The highest BCUT2D eigenvalue weighted by atomic mass is 79.9. The largest absolute Gasteiger partial charge is 0.449 e. The van der Waals surface area contributed by atoms with Gasteiger partial charge in [-0.3, -0.25) is 19.3 Å². The smallest absolute Gasteiger partial charge is 0.294 e. The molecule has 2 aromatic rings. The summed E-state index contributed by atoms with van der Waals surface area (Å²) in [5.41, 5.74) is 0.482. The Morgan fingerprint density at radius 2 is 2.08 bits per heavy atom. The Bertz CT molecular complexity index is 925. The van der Waals surface area contributed by atoms with Gasteiger partial charge in [0.05, 0.1) is 9.38 Å². The highest BCUT2D eigenvalue weighted by molar-refractivity contribution is 9.13. The van der Waals surface area contributed by atoms with Gasteiger partial charge in [0, 0.05) is 16.8 Å². The minimum absolute atomic E-state index is 0.180. The van der Waals surface area contributed by atoms with Crippen LogP contribution in [0.25, 0.3) is 6.08 Å². The molecular formula is C16H9Br2ClN2O4S. The number of rotatable bonds is 4. The van der Waals surface area contributed by atoms with E-state index in [1.165, 1.54) is 6.08 Å². The average molecular weight is 521 g/mol. The molecule has 0 radical (unpaired) electrons. The summed E-state index contributed by atoms with van der Waals surface area (Å²) in [5.74, 6) is -0.651. The molecule has 0 saturated carbocycles. The molecule has 3 amide bonds. The molecule has 6 nitrogen and oxygen atoms in total. The van der Waals surface area contributed by atoms with E-state index < -0.39 is 17.1 Å². The summed E-state index contributed by atoms with van der Waals surface area (Å²) in [4.78, 5) is 37.7. The van der Waals surface area contributed by atoms with Gasteiger partial charge in [-0.05, 0) is 67.9 Å². The zero-order chi connectivity index (χ0) is 18.8. The van der Waals surface area contributed by atoms with Crippen LogP contribution in [-0.2, 0) is 9.59 Å². The van der Waals surface area contributed by atoms with E-state index in [0.717, 1.165) is 16.7 Å². The Labute approximate surface area is 174 Å². The number of benzene rings is 1. The number of halogens is 3. The van der Waals surface area contributed by atoms with Crippen LogP contribution in [0, 0.1) is 0 Å². The maximum Gasteiger partial charge on any atom is 0.294 e. The van der Waals surface area contributed by atoms with Crippen molar-refractivity contribution in [1.82, 2.24) is 4.90 Å². The van der Waals surface area contributed by atoms with Gasteiger partial charge in [-0.25, -0.2) is 0 Å². The van der Waals surface area contributed by atoms with Gasteiger partial charge < -0.3 is 9.73 Å². The van der Waals surface area contributed by atoms with Crippen molar-refractivity contribution in [3.63, 3.8) is 0 Å². The lowest BCUT2D eigenvalue weighted by Crippen LogP contribution is -2.36. The first-order valence-corrected chi connectivity index (χ1v) is 9.87. The fourth-order valence-corrected chi connectivity index (χ4v) is 3.73. The van der Waals surface area contributed by atoms with Crippen molar-refractivity contribution in [1.29, 1.82) is 0 Å². The molecule has 134 valence electrons. The second-order valence-electron chi connectivity index (χ2n) is 5.10. The van der Waals surface area contributed by atoms with E-state index in [0.29, 0.717) is 25.6 Å². The molecule has 0 spiro atoms. The SMILES string of the molecule is O=C(CN1C(=O)S/C(=C\c2cc(Br)c(Br)o2)C1=O)Nc1cccc(Cl)c1. The third kappa shape index (κ3) is 4.40. The van der Waals surface area contributed by atoms with Crippen LogP contribution < -0.4 is 5.32 Å². The zero-order valence-electron chi connectivity index (χ0n) is 12.8. The molecule has 1 saturated heterocycles.